The third kappa shape index (κ3) is 3.36. The minimum Gasteiger partial charge on any atom is -0.325 e. The highest BCUT2D eigenvalue weighted by atomic mass is 32.1. The van der Waals surface area contributed by atoms with E-state index in [0.717, 1.165) is 18.8 Å². The zero-order valence-corrected chi connectivity index (χ0v) is 10.8. The molecule has 4 heteroatoms. The number of hydrogen-bond acceptors (Lipinski definition) is 4. The highest BCUT2D eigenvalue weighted by Gasteiger charge is 2.06. The van der Waals surface area contributed by atoms with E-state index in [1.807, 2.05) is 6.07 Å². The van der Waals surface area contributed by atoms with E-state index in [1.54, 1.807) is 17.5 Å². The van der Waals surface area contributed by atoms with Crippen LogP contribution in [0.25, 0.3) is 0 Å². The molecule has 2 aromatic rings. The van der Waals surface area contributed by atoms with Crippen LogP contribution in [0.2, 0.25) is 0 Å². The summed E-state index contributed by atoms with van der Waals surface area (Å²) in [6, 6.07) is 6.22. The van der Waals surface area contributed by atoms with Crippen molar-refractivity contribution in [3.63, 3.8) is 0 Å². The third-order valence-corrected chi connectivity index (χ3v) is 3.38. The molecule has 90 valence electrons. The zero-order chi connectivity index (χ0) is 12.1. The average molecular weight is 247 g/mol. The summed E-state index contributed by atoms with van der Waals surface area (Å²) in [5.74, 6) is 0. The van der Waals surface area contributed by atoms with Gasteiger partial charge in [-0.2, -0.15) is 11.3 Å². The summed E-state index contributed by atoms with van der Waals surface area (Å²) in [4.78, 5) is 6.57. The standard InChI is InChI=1S/C13H17N3S/c1-16(8-11-4-6-17-10-11)9-12-3-2-5-15-13(12)7-14/h2-6,10H,7-9,14H2,1H3. The van der Waals surface area contributed by atoms with E-state index in [1.165, 1.54) is 11.1 Å². The van der Waals surface area contributed by atoms with E-state index in [2.05, 4.69) is 39.8 Å². The fraction of sp³-hybridized carbons (Fsp3) is 0.308. The Hall–Kier alpha value is -1.23. The van der Waals surface area contributed by atoms with Crippen LogP contribution in [0.3, 0.4) is 0 Å². The number of nitrogens with zero attached hydrogens (tertiary/aromatic N) is 2. The van der Waals surface area contributed by atoms with Crippen molar-refractivity contribution in [3.05, 3.63) is 52.0 Å². The molecule has 0 amide bonds. The SMILES string of the molecule is CN(Cc1ccsc1)Cc1cccnc1CN. The number of pyridine rings is 1. The molecule has 0 aliphatic carbocycles. The van der Waals surface area contributed by atoms with Crippen LogP contribution in [0, 0.1) is 0 Å². The number of thiophene rings is 1. The predicted octanol–water partition coefficient (Wildman–Crippen LogP) is 2.23. The molecule has 0 aromatic carbocycles. The second kappa shape index (κ2) is 5.91. The maximum Gasteiger partial charge on any atom is 0.0584 e. The first-order valence-electron chi connectivity index (χ1n) is 5.62. The van der Waals surface area contributed by atoms with Gasteiger partial charge >= 0.3 is 0 Å². The molecule has 2 aromatic heterocycles. The predicted molar refractivity (Wildman–Crippen MR) is 71.6 cm³/mol. The molecular formula is C13H17N3S. The zero-order valence-electron chi connectivity index (χ0n) is 9.97. The molecule has 0 saturated heterocycles. The highest BCUT2D eigenvalue weighted by molar-refractivity contribution is 7.07. The minimum atomic E-state index is 0.502. The maximum atomic E-state index is 5.68. The van der Waals surface area contributed by atoms with Crippen LogP contribution < -0.4 is 5.73 Å². The molecular weight excluding hydrogens is 230 g/mol. The molecule has 0 atom stereocenters. The van der Waals surface area contributed by atoms with Crippen LogP contribution in [0.1, 0.15) is 16.8 Å². The molecule has 0 aliphatic heterocycles. The summed E-state index contributed by atoms with van der Waals surface area (Å²) in [6.07, 6.45) is 1.80. The van der Waals surface area contributed by atoms with Gasteiger partial charge in [-0.05, 0) is 41.1 Å². The summed E-state index contributed by atoms with van der Waals surface area (Å²) in [5.41, 5.74) is 9.25. The van der Waals surface area contributed by atoms with Crippen LogP contribution in [0.5, 0.6) is 0 Å². The van der Waals surface area contributed by atoms with Gasteiger partial charge in [-0.1, -0.05) is 6.07 Å². The number of aromatic nitrogens is 1. The van der Waals surface area contributed by atoms with Crippen molar-refractivity contribution < 1.29 is 0 Å². The van der Waals surface area contributed by atoms with Gasteiger partial charge in [0, 0.05) is 25.8 Å². The van der Waals surface area contributed by atoms with E-state index < -0.39 is 0 Å². The van der Waals surface area contributed by atoms with E-state index in [-0.39, 0.29) is 0 Å². The van der Waals surface area contributed by atoms with Gasteiger partial charge in [0.25, 0.3) is 0 Å². The van der Waals surface area contributed by atoms with E-state index in [9.17, 15) is 0 Å². The molecule has 0 saturated carbocycles. The van der Waals surface area contributed by atoms with Crippen LogP contribution in [-0.4, -0.2) is 16.9 Å². The van der Waals surface area contributed by atoms with E-state index in [4.69, 9.17) is 5.73 Å². The van der Waals surface area contributed by atoms with Crippen molar-refractivity contribution >= 4 is 11.3 Å². The van der Waals surface area contributed by atoms with Crippen molar-refractivity contribution in [2.24, 2.45) is 5.73 Å². The van der Waals surface area contributed by atoms with Gasteiger partial charge in [0.05, 0.1) is 5.69 Å². The first-order valence-corrected chi connectivity index (χ1v) is 6.56. The Morgan fingerprint density at radius 2 is 2.24 bits per heavy atom. The summed E-state index contributed by atoms with van der Waals surface area (Å²) >= 11 is 1.74. The van der Waals surface area contributed by atoms with E-state index >= 15 is 0 Å². The fourth-order valence-corrected chi connectivity index (χ4v) is 2.50. The quantitative estimate of drug-likeness (QED) is 0.881. The van der Waals surface area contributed by atoms with Gasteiger partial charge < -0.3 is 5.73 Å². The second-order valence-electron chi connectivity index (χ2n) is 4.12. The Morgan fingerprint density at radius 1 is 1.35 bits per heavy atom. The lowest BCUT2D eigenvalue weighted by Crippen LogP contribution is -2.19. The Morgan fingerprint density at radius 3 is 2.94 bits per heavy atom. The minimum absolute atomic E-state index is 0.502. The molecule has 2 rings (SSSR count). The van der Waals surface area contributed by atoms with Crippen molar-refractivity contribution in [1.29, 1.82) is 0 Å². The van der Waals surface area contributed by atoms with E-state index in [0.29, 0.717) is 6.54 Å². The first-order chi connectivity index (χ1) is 8.29. The molecule has 0 aliphatic rings. The van der Waals surface area contributed by atoms with Crippen LogP contribution in [-0.2, 0) is 19.6 Å². The summed E-state index contributed by atoms with van der Waals surface area (Å²) < 4.78 is 0. The summed E-state index contributed by atoms with van der Waals surface area (Å²) in [7, 11) is 2.12. The van der Waals surface area contributed by atoms with Crippen molar-refractivity contribution in [3.8, 4) is 0 Å². The highest BCUT2D eigenvalue weighted by Crippen LogP contribution is 2.12. The summed E-state index contributed by atoms with van der Waals surface area (Å²) in [5, 5.41) is 4.29. The Labute approximate surface area is 106 Å². The third-order valence-electron chi connectivity index (χ3n) is 2.65. The number of nitrogens with two attached hydrogens (primary N) is 1. The van der Waals surface area contributed by atoms with Crippen molar-refractivity contribution in [1.82, 2.24) is 9.88 Å². The number of rotatable bonds is 5. The molecule has 0 fully saturated rings. The first kappa shape index (κ1) is 12.2. The van der Waals surface area contributed by atoms with Crippen LogP contribution in [0.15, 0.2) is 35.2 Å². The molecule has 17 heavy (non-hydrogen) atoms. The largest absolute Gasteiger partial charge is 0.325 e. The maximum absolute atomic E-state index is 5.68. The molecule has 0 unspecified atom stereocenters. The lowest BCUT2D eigenvalue weighted by molar-refractivity contribution is 0.318. The normalized spacial score (nSPS) is 11.0. The molecule has 0 bridgehead atoms. The topological polar surface area (TPSA) is 42.2 Å². The van der Waals surface area contributed by atoms with Gasteiger partial charge in [-0.3, -0.25) is 9.88 Å². The second-order valence-corrected chi connectivity index (χ2v) is 4.90. The monoisotopic (exact) mass is 247 g/mol. The van der Waals surface area contributed by atoms with Gasteiger partial charge in [0.1, 0.15) is 0 Å². The van der Waals surface area contributed by atoms with Crippen molar-refractivity contribution in [2.75, 3.05) is 7.05 Å². The molecule has 2 heterocycles. The molecule has 3 nitrogen and oxygen atoms in total. The lowest BCUT2D eigenvalue weighted by Gasteiger charge is -2.17. The van der Waals surface area contributed by atoms with Crippen molar-refractivity contribution in [2.45, 2.75) is 19.6 Å². The van der Waals surface area contributed by atoms with Gasteiger partial charge in [-0.25, -0.2) is 0 Å². The van der Waals surface area contributed by atoms with Crippen LogP contribution >= 0.6 is 11.3 Å². The summed E-state index contributed by atoms with van der Waals surface area (Å²) in [6.45, 7) is 2.35. The van der Waals surface area contributed by atoms with Crippen LogP contribution in [0.4, 0.5) is 0 Å². The Kier molecular flexibility index (Phi) is 4.25. The molecule has 0 radical (unpaired) electrons. The van der Waals surface area contributed by atoms with Gasteiger partial charge in [-0.15, -0.1) is 0 Å². The lowest BCUT2D eigenvalue weighted by atomic mass is 10.1. The average Bonchev–Trinajstić information content (AvgIpc) is 2.82. The van der Waals surface area contributed by atoms with Gasteiger partial charge in [0.15, 0.2) is 0 Å². The Bertz CT molecular complexity index is 453. The van der Waals surface area contributed by atoms with Gasteiger partial charge in [0.2, 0.25) is 0 Å². The Balaban J connectivity index is 2.00. The molecule has 2 N–H and O–H groups in total. The fourth-order valence-electron chi connectivity index (χ4n) is 1.84. The smallest absolute Gasteiger partial charge is 0.0584 e. The molecule has 0 spiro atoms. The number of hydrogen-bond donors (Lipinski definition) is 1.